The quantitative estimate of drug-likeness (QED) is 0.507. The number of fused-ring (bicyclic) bond motifs is 1. The highest BCUT2D eigenvalue weighted by Crippen LogP contribution is 2.26. The van der Waals surface area contributed by atoms with E-state index in [4.69, 9.17) is 5.84 Å². The van der Waals surface area contributed by atoms with Gasteiger partial charge in [-0.25, -0.2) is 10.8 Å². The molecule has 3 aromatic rings. The van der Waals surface area contributed by atoms with Gasteiger partial charge < -0.3 is 10.7 Å². The Balaban J connectivity index is 2.02. The summed E-state index contributed by atoms with van der Waals surface area (Å²) in [4.78, 5) is 8.77. The molecule has 0 radical (unpaired) electrons. The van der Waals surface area contributed by atoms with E-state index in [0.29, 0.717) is 11.6 Å². The van der Waals surface area contributed by atoms with Gasteiger partial charge in [-0.15, -0.1) is 0 Å². The van der Waals surface area contributed by atoms with Crippen molar-refractivity contribution < 1.29 is 0 Å². The molecular weight excluding hydrogens is 318 g/mol. The molecule has 5 nitrogen and oxygen atoms in total. The number of aromatic nitrogens is 2. The van der Waals surface area contributed by atoms with Gasteiger partial charge in [0.25, 0.3) is 0 Å². The average molecular weight is 330 g/mol. The van der Waals surface area contributed by atoms with Crippen LogP contribution in [0.1, 0.15) is 0 Å². The van der Waals surface area contributed by atoms with Crippen molar-refractivity contribution in [1.29, 1.82) is 0 Å². The SMILES string of the molecule is NNc1cccc(Nc2cccc3cc(Br)cnc23)n1. The maximum absolute atomic E-state index is 5.36. The van der Waals surface area contributed by atoms with Gasteiger partial charge in [0.15, 0.2) is 0 Å². The Hall–Kier alpha value is -2.18. The minimum atomic E-state index is 0.603. The van der Waals surface area contributed by atoms with Gasteiger partial charge in [-0.2, -0.15) is 0 Å². The van der Waals surface area contributed by atoms with Crippen LogP contribution in [0, 0.1) is 0 Å². The standard InChI is InChI=1S/C14H12BrN5/c15-10-7-9-3-1-4-11(14(9)17-8-10)18-12-5-2-6-13(19-12)20-16/h1-8H,16H2,(H2,18,19,20). The van der Waals surface area contributed by atoms with Gasteiger partial charge in [-0.05, 0) is 40.2 Å². The van der Waals surface area contributed by atoms with Crippen LogP contribution >= 0.6 is 15.9 Å². The Bertz CT molecular complexity index is 759. The van der Waals surface area contributed by atoms with Crippen LogP contribution in [0.15, 0.2) is 53.1 Å². The van der Waals surface area contributed by atoms with Crippen molar-refractivity contribution in [3.8, 4) is 0 Å². The molecule has 0 saturated carbocycles. The molecule has 0 saturated heterocycles. The number of hydrogen-bond donors (Lipinski definition) is 3. The molecule has 0 bridgehead atoms. The number of anilines is 3. The fourth-order valence-electron chi connectivity index (χ4n) is 1.96. The average Bonchev–Trinajstić information content (AvgIpc) is 2.47. The summed E-state index contributed by atoms with van der Waals surface area (Å²) in [6.45, 7) is 0. The summed E-state index contributed by atoms with van der Waals surface area (Å²) < 4.78 is 0.953. The Morgan fingerprint density at radius 3 is 2.70 bits per heavy atom. The lowest BCUT2D eigenvalue weighted by Crippen LogP contribution is -2.09. The van der Waals surface area contributed by atoms with E-state index in [1.165, 1.54) is 0 Å². The van der Waals surface area contributed by atoms with Crippen molar-refractivity contribution >= 4 is 44.2 Å². The van der Waals surface area contributed by atoms with Crippen LogP contribution in [0.25, 0.3) is 10.9 Å². The lowest BCUT2D eigenvalue weighted by atomic mass is 10.2. The number of halogens is 1. The largest absolute Gasteiger partial charge is 0.338 e. The van der Waals surface area contributed by atoms with Crippen molar-refractivity contribution in [2.75, 3.05) is 10.7 Å². The number of nitrogens with one attached hydrogen (secondary N) is 2. The summed E-state index contributed by atoms with van der Waals surface area (Å²) in [6.07, 6.45) is 1.78. The Kier molecular flexibility index (Phi) is 3.49. The highest BCUT2D eigenvalue weighted by atomic mass is 79.9. The first-order valence-electron chi connectivity index (χ1n) is 6.01. The maximum Gasteiger partial charge on any atom is 0.142 e. The van der Waals surface area contributed by atoms with E-state index in [2.05, 4.69) is 36.6 Å². The van der Waals surface area contributed by atoms with Crippen LogP contribution in [-0.4, -0.2) is 9.97 Å². The lowest BCUT2D eigenvalue weighted by Gasteiger charge is -2.09. The van der Waals surface area contributed by atoms with Gasteiger partial charge in [-0.1, -0.05) is 18.2 Å². The monoisotopic (exact) mass is 329 g/mol. The van der Waals surface area contributed by atoms with Crippen molar-refractivity contribution in [3.63, 3.8) is 0 Å². The second-order valence-corrected chi connectivity index (χ2v) is 5.12. The fourth-order valence-corrected chi connectivity index (χ4v) is 2.31. The van der Waals surface area contributed by atoms with Crippen LogP contribution in [0.2, 0.25) is 0 Å². The lowest BCUT2D eigenvalue weighted by molar-refractivity contribution is 1.22. The van der Waals surface area contributed by atoms with E-state index in [-0.39, 0.29) is 0 Å². The van der Waals surface area contributed by atoms with E-state index < -0.39 is 0 Å². The molecule has 20 heavy (non-hydrogen) atoms. The van der Waals surface area contributed by atoms with Crippen molar-refractivity contribution in [3.05, 3.63) is 53.1 Å². The van der Waals surface area contributed by atoms with Gasteiger partial charge in [0, 0.05) is 16.1 Å². The predicted octanol–water partition coefficient (Wildman–Crippen LogP) is 3.42. The van der Waals surface area contributed by atoms with Crippen LogP contribution in [0.3, 0.4) is 0 Å². The van der Waals surface area contributed by atoms with Gasteiger partial charge in [-0.3, -0.25) is 4.98 Å². The van der Waals surface area contributed by atoms with E-state index in [0.717, 1.165) is 21.1 Å². The van der Waals surface area contributed by atoms with E-state index in [9.17, 15) is 0 Å². The molecule has 6 heteroatoms. The van der Waals surface area contributed by atoms with Crippen LogP contribution < -0.4 is 16.6 Å². The molecule has 0 amide bonds. The fraction of sp³-hybridized carbons (Fsp3) is 0. The zero-order valence-electron chi connectivity index (χ0n) is 10.5. The van der Waals surface area contributed by atoms with Gasteiger partial charge in [0.1, 0.15) is 11.6 Å². The number of benzene rings is 1. The molecule has 0 atom stereocenters. The summed E-state index contributed by atoms with van der Waals surface area (Å²) in [7, 11) is 0. The molecule has 0 fully saturated rings. The van der Waals surface area contributed by atoms with Gasteiger partial charge >= 0.3 is 0 Å². The summed E-state index contributed by atoms with van der Waals surface area (Å²) in [5.41, 5.74) is 4.32. The first-order valence-corrected chi connectivity index (χ1v) is 6.80. The number of pyridine rings is 2. The van der Waals surface area contributed by atoms with Crippen LogP contribution in [-0.2, 0) is 0 Å². The summed E-state index contributed by atoms with van der Waals surface area (Å²) in [6, 6.07) is 13.5. The summed E-state index contributed by atoms with van der Waals surface area (Å²) in [5, 5.41) is 4.31. The highest BCUT2D eigenvalue weighted by Gasteiger charge is 2.04. The number of rotatable bonds is 3. The predicted molar refractivity (Wildman–Crippen MR) is 84.8 cm³/mol. The molecule has 1 aromatic carbocycles. The number of nitrogens with two attached hydrogens (primary N) is 1. The molecule has 0 spiro atoms. The zero-order valence-corrected chi connectivity index (χ0v) is 12.1. The molecule has 2 aromatic heterocycles. The van der Waals surface area contributed by atoms with Crippen LogP contribution in [0.4, 0.5) is 17.3 Å². The minimum Gasteiger partial charge on any atom is -0.338 e. The normalized spacial score (nSPS) is 10.5. The maximum atomic E-state index is 5.36. The Morgan fingerprint density at radius 1 is 1.05 bits per heavy atom. The van der Waals surface area contributed by atoms with Crippen molar-refractivity contribution in [1.82, 2.24) is 9.97 Å². The van der Waals surface area contributed by atoms with Crippen molar-refractivity contribution in [2.45, 2.75) is 0 Å². The second kappa shape index (κ2) is 5.44. The first-order chi connectivity index (χ1) is 9.76. The smallest absolute Gasteiger partial charge is 0.142 e. The topological polar surface area (TPSA) is 75.9 Å². The summed E-state index contributed by atoms with van der Waals surface area (Å²) in [5.74, 6) is 6.67. The summed E-state index contributed by atoms with van der Waals surface area (Å²) >= 11 is 3.43. The van der Waals surface area contributed by atoms with Crippen LogP contribution in [0.5, 0.6) is 0 Å². The number of nitrogen functional groups attached to an aromatic ring is 1. The van der Waals surface area contributed by atoms with Crippen molar-refractivity contribution in [2.24, 2.45) is 5.84 Å². The molecule has 0 unspecified atom stereocenters. The van der Waals surface area contributed by atoms with Gasteiger partial charge in [0.05, 0.1) is 11.2 Å². The van der Waals surface area contributed by atoms with Gasteiger partial charge in [0.2, 0.25) is 0 Å². The Morgan fingerprint density at radius 2 is 1.85 bits per heavy atom. The first kappa shape index (κ1) is 12.8. The minimum absolute atomic E-state index is 0.603. The number of para-hydroxylation sites is 1. The third-order valence-corrected chi connectivity index (χ3v) is 3.27. The zero-order chi connectivity index (χ0) is 13.9. The van der Waals surface area contributed by atoms with E-state index >= 15 is 0 Å². The number of hydrogen-bond acceptors (Lipinski definition) is 5. The molecular formula is C14H12BrN5. The molecule has 2 heterocycles. The van der Waals surface area contributed by atoms with E-state index in [1.807, 2.05) is 36.4 Å². The molecule has 100 valence electrons. The second-order valence-electron chi connectivity index (χ2n) is 4.21. The number of nitrogens with zero attached hydrogens (tertiary/aromatic N) is 2. The molecule has 0 aliphatic rings. The molecule has 0 aliphatic carbocycles. The van der Waals surface area contributed by atoms with E-state index in [1.54, 1.807) is 12.3 Å². The third-order valence-electron chi connectivity index (χ3n) is 2.84. The third kappa shape index (κ3) is 2.56. The molecule has 4 N–H and O–H groups in total. The number of hydrazine groups is 1. The Labute approximate surface area is 124 Å². The molecule has 3 rings (SSSR count). The molecule has 0 aliphatic heterocycles. The highest BCUT2D eigenvalue weighted by molar-refractivity contribution is 9.10.